The number of aliphatic hydroxyl groups excluding tert-OH is 1. The van der Waals surface area contributed by atoms with Gasteiger partial charge in [0.25, 0.3) is 0 Å². The van der Waals surface area contributed by atoms with Gasteiger partial charge in [-0.2, -0.15) is 0 Å². The molecule has 2 N–H and O–H groups in total. The lowest BCUT2D eigenvalue weighted by Crippen LogP contribution is -2.43. The first kappa shape index (κ1) is 27.9. The Morgan fingerprint density at radius 2 is 1.79 bits per heavy atom. The molecule has 1 aliphatic heterocycles. The Hall–Kier alpha value is -3.13. The third-order valence-electron chi connectivity index (χ3n) is 6.00. The number of Topliss-reactive ketones (excluding diaryl/α,β-unsaturated/α-hetero) is 1. The Morgan fingerprint density at radius 3 is 2.39 bits per heavy atom. The molecule has 200 valence electrons. The number of fused-ring (bicyclic) bond motifs is 1. The molecule has 0 bridgehead atoms. The number of carbonyl (C=O) groups excluding carboxylic acids is 2. The number of carbonyl (C=O) groups is 2. The third-order valence-corrected chi connectivity index (χ3v) is 6.56. The highest BCUT2D eigenvalue weighted by Crippen LogP contribution is 2.44. The van der Waals surface area contributed by atoms with Gasteiger partial charge < -0.3 is 19.9 Å². The average Bonchev–Trinajstić information content (AvgIpc) is 2.81. The molecule has 7 nitrogen and oxygen atoms in total. The predicted octanol–water partition coefficient (Wildman–Crippen LogP) is 7.02. The van der Waals surface area contributed by atoms with Gasteiger partial charge in [0.05, 0.1) is 16.8 Å². The molecule has 1 atom stereocenters. The van der Waals surface area contributed by atoms with Crippen molar-refractivity contribution in [3.05, 3.63) is 69.7 Å². The Kier molecular flexibility index (Phi) is 7.75. The van der Waals surface area contributed by atoms with Gasteiger partial charge in [-0.1, -0.05) is 47.5 Å². The van der Waals surface area contributed by atoms with E-state index in [9.17, 15) is 14.7 Å². The van der Waals surface area contributed by atoms with Crippen molar-refractivity contribution in [1.29, 1.82) is 0 Å². The lowest BCUT2D eigenvalue weighted by atomic mass is 9.88. The zero-order valence-electron chi connectivity index (χ0n) is 21.9. The van der Waals surface area contributed by atoms with Crippen molar-refractivity contribution in [1.82, 2.24) is 10.3 Å². The minimum atomic E-state index is -0.648. The second-order valence-electron chi connectivity index (χ2n) is 10.8. The van der Waals surface area contributed by atoms with Crippen LogP contribution in [-0.2, 0) is 4.74 Å². The average molecular weight is 557 g/mol. The fraction of sp³-hybridized carbons (Fsp3) is 0.345. The van der Waals surface area contributed by atoms with Crippen LogP contribution in [0.15, 0.2) is 48.5 Å². The fourth-order valence-corrected chi connectivity index (χ4v) is 4.75. The maximum Gasteiger partial charge on any atom is 0.408 e. The molecule has 2 aromatic carbocycles. The summed E-state index contributed by atoms with van der Waals surface area (Å²) in [6.45, 7) is 8.67. The first-order chi connectivity index (χ1) is 17.8. The number of ketones is 1. The molecule has 0 fully saturated rings. The minimum absolute atomic E-state index is 0.297. The molecule has 0 spiro atoms. The van der Waals surface area contributed by atoms with Crippen molar-refractivity contribution in [2.24, 2.45) is 0 Å². The standard InChI is InChI=1S/C29H30Cl2N2O5/c1-28(2,3)38-27(36)32-23-14-29(4,5)37-26-21(23)13-20(16-6-9-18(30)10-7-16)25(33-26)19-11-8-17(12-22(19)31)24(35)15-34/h6-13,23,34H,14-15H2,1-5H3,(H,32,36). The molecule has 0 aliphatic carbocycles. The van der Waals surface area contributed by atoms with Gasteiger partial charge in [0.15, 0.2) is 5.78 Å². The number of pyridine rings is 1. The molecule has 1 aromatic heterocycles. The van der Waals surface area contributed by atoms with E-state index in [-0.39, 0.29) is 0 Å². The zero-order chi connectivity index (χ0) is 27.8. The number of benzene rings is 2. The molecule has 2 heterocycles. The molecule has 9 heteroatoms. The molecule has 0 radical (unpaired) electrons. The van der Waals surface area contributed by atoms with E-state index in [2.05, 4.69) is 5.32 Å². The molecule has 38 heavy (non-hydrogen) atoms. The van der Waals surface area contributed by atoms with Gasteiger partial charge >= 0.3 is 6.09 Å². The smallest absolute Gasteiger partial charge is 0.408 e. The molecule has 1 amide bonds. The van der Waals surface area contributed by atoms with E-state index in [1.54, 1.807) is 24.3 Å². The summed E-state index contributed by atoms with van der Waals surface area (Å²) in [5, 5.41) is 13.1. The molecule has 1 aliphatic rings. The summed E-state index contributed by atoms with van der Waals surface area (Å²) >= 11 is 12.8. The van der Waals surface area contributed by atoms with Crippen molar-refractivity contribution < 1.29 is 24.2 Å². The number of ether oxygens (including phenoxy) is 2. The van der Waals surface area contributed by atoms with Crippen molar-refractivity contribution >= 4 is 35.1 Å². The summed E-state index contributed by atoms with van der Waals surface area (Å²) in [6.07, 6.45) is -0.0329. The van der Waals surface area contributed by atoms with E-state index in [0.717, 1.165) is 11.1 Å². The van der Waals surface area contributed by atoms with Crippen LogP contribution in [0.3, 0.4) is 0 Å². The first-order valence-electron chi connectivity index (χ1n) is 12.2. The van der Waals surface area contributed by atoms with Crippen LogP contribution in [0.1, 0.15) is 63.0 Å². The maximum atomic E-state index is 12.7. The van der Waals surface area contributed by atoms with Gasteiger partial charge in [-0.25, -0.2) is 9.78 Å². The molecule has 0 saturated heterocycles. The molecule has 3 aromatic rings. The number of rotatable bonds is 5. The number of nitrogens with zero attached hydrogens (tertiary/aromatic N) is 1. The van der Waals surface area contributed by atoms with Crippen LogP contribution in [0.4, 0.5) is 4.79 Å². The predicted molar refractivity (Wildman–Crippen MR) is 148 cm³/mol. The summed E-state index contributed by atoms with van der Waals surface area (Å²) in [6, 6.07) is 13.6. The van der Waals surface area contributed by atoms with Gasteiger partial charge in [-0.3, -0.25) is 4.79 Å². The normalized spacial score (nSPS) is 16.3. The van der Waals surface area contributed by atoms with Crippen LogP contribution in [0, 0.1) is 0 Å². The lowest BCUT2D eigenvalue weighted by molar-refractivity contribution is 0.0367. The van der Waals surface area contributed by atoms with Gasteiger partial charge in [-0.05, 0) is 64.4 Å². The van der Waals surface area contributed by atoms with E-state index >= 15 is 0 Å². The number of halogens is 2. The summed E-state index contributed by atoms with van der Waals surface area (Å²) in [5.41, 5.74) is 2.41. The van der Waals surface area contributed by atoms with Crippen LogP contribution in [0.25, 0.3) is 22.4 Å². The van der Waals surface area contributed by atoms with Gasteiger partial charge in [0, 0.05) is 33.7 Å². The molecule has 0 saturated carbocycles. The highest BCUT2D eigenvalue weighted by Gasteiger charge is 2.37. The van der Waals surface area contributed by atoms with Gasteiger partial charge in [-0.15, -0.1) is 0 Å². The van der Waals surface area contributed by atoms with Crippen LogP contribution >= 0.6 is 23.2 Å². The van der Waals surface area contributed by atoms with E-state index in [1.807, 2.05) is 52.8 Å². The molecular formula is C29H30Cl2N2O5. The molecular weight excluding hydrogens is 527 g/mol. The number of hydrogen-bond acceptors (Lipinski definition) is 6. The van der Waals surface area contributed by atoms with Crippen LogP contribution in [0.2, 0.25) is 10.0 Å². The molecule has 1 unspecified atom stereocenters. The lowest BCUT2D eigenvalue weighted by Gasteiger charge is -2.37. The Morgan fingerprint density at radius 1 is 1.11 bits per heavy atom. The maximum absolute atomic E-state index is 12.7. The van der Waals surface area contributed by atoms with Gasteiger partial charge in [0.1, 0.15) is 17.8 Å². The Bertz CT molecular complexity index is 1380. The summed E-state index contributed by atoms with van der Waals surface area (Å²) < 4.78 is 11.8. The van der Waals surface area contributed by atoms with E-state index in [4.69, 9.17) is 37.7 Å². The number of amides is 1. The van der Waals surface area contributed by atoms with Gasteiger partial charge in [0.2, 0.25) is 5.88 Å². The highest BCUT2D eigenvalue weighted by molar-refractivity contribution is 6.34. The fourth-order valence-electron chi connectivity index (χ4n) is 4.35. The van der Waals surface area contributed by atoms with Crippen molar-refractivity contribution in [2.45, 2.75) is 58.3 Å². The minimum Gasteiger partial charge on any atom is -0.471 e. The van der Waals surface area contributed by atoms with Crippen molar-refractivity contribution in [3.8, 4) is 28.3 Å². The van der Waals surface area contributed by atoms with Crippen LogP contribution in [0.5, 0.6) is 5.88 Å². The van der Waals surface area contributed by atoms with E-state index < -0.39 is 35.7 Å². The number of hydrogen-bond donors (Lipinski definition) is 2. The monoisotopic (exact) mass is 556 g/mol. The van der Waals surface area contributed by atoms with Crippen LogP contribution in [-0.4, -0.2) is 39.8 Å². The molecule has 4 rings (SSSR count). The Labute approximate surface area is 232 Å². The summed E-state index contributed by atoms with van der Waals surface area (Å²) in [4.78, 5) is 29.6. The number of alkyl carbamates (subject to hydrolysis) is 1. The van der Waals surface area contributed by atoms with E-state index in [0.29, 0.717) is 44.7 Å². The Balaban J connectivity index is 1.88. The second-order valence-corrected chi connectivity index (χ2v) is 11.7. The second kappa shape index (κ2) is 10.6. The number of nitrogens with one attached hydrogen (secondary N) is 1. The van der Waals surface area contributed by atoms with Crippen LogP contribution < -0.4 is 10.1 Å². The van der Waals surface area contributed by atoms with Crippen molar-refractivity contribution in [3.63, 3.8) is 0 Å². The summed E-state index contributed by atoms with van der Waals surface area (Å²) in [7, 11) is 0. The SMILES string of the molecule is CC(C)(C)OC(=O)NC1CC(C)(C)Oc2nc(-c3ccc(C(=O)CO)cc3Cl)c(-c3ccc(Cl)cc3)cc21. The quantitative estimate of drug-likeness (QED) is 0.327. The van der Waals surface area contributed by atoms with E-state index in [1.165, 1.54) is 6.07 Å². The topological polar surface area (TPSA) is 97.8 Å². The first-order valence-corrected chi connectivity index (χ1v) is 13.0. The zero-order valence-corrected chi connectivity index (χ0v) is 23.4. The number of aliphatic hydroxyl groups is 1. The highest BCUT2D eigenvalue weighted by atomic mass is 35.5. The third kappa shape index (κ3) is 6.29. The summed E-state index contributed by atoms with van der Waals surface area (Å²) in [5.74, 6) is -0.0717. The largest absolute Gasteiger partial charge is 0.471 e. The van der Waals surface area contributed by atoms with Crippen molar-refractivity contribution in [2.75, 3.05) is 6.61 Å². The number of aromatic nitrogens is 1.